The zero-order valence-electron chi connectivity index (χ0n) is 22.0. The lowest BCUT2D eigenvalue weighted by atomic mass is 10.0. The van der Waals surface area contributed by atoms with E-state index in [-0.39, 0.29) is 18.4 Å². The van der Waals surface area contributed by atoms with Crippen LogP contribution in [-0.2, 0) is 22.6 Å². The molecule has 3 rings (SSSR count). The van der Waals surface area contributed by atoms with Gasteiger partial charge in [-0.2, -0.15) is 0 Å². The van der Waals surface area contributed by atoms with Gasteiger partial charge in [-0.15, -0.1) is 17.9 Å². The summed E-state index contributed by atoms with van der Waals surface area (Å²) in [5.41, 5.74) is 2.24. The van der Waals surface area contributed by atoms with Gasteiger partial charge in [-0.3, -0.25) is 9.59 Å². The van der Waals surface area contributed by atoms with Crippen molar-refractivity contribution in [2.45, 2.75) is 58.4 Å². The minimum absolute atomic E-state index is 0.0423. The van der Waals surface area contributed by atoms with Crippen LogP contribution in [0.1, 0.15) is 54.5 Å². The maximum Gasteiger partial charge on any atom is 0.242 e. The Hall–Kier alpha value is -2.80. The third kappa shape index (κ3) is 7.85. The summed E-state index contributed by atoms with van der Waals surface area (Å²) in [4.78, 5) is 31.2. The van der Waals surface area contributed by atoms with Crippen LogP contribution in [-0.4, -0.2) is 55.5 Å². The van der Waals surface area contributed by atoms with Crippen LogP contribution in [0.3, 0.4) is 0 Å². The van der Waals surface area contributed by atoms with Crippen LogP contribution in [0, 0.1) is 12.8 Å². The lowest BCUT2D eigenvalue weighted by Crippen LogP contribution is -2.43. The first-order valence-corrected chi connectivity index (χ1v) is 13.7. The molecule has 0 unspecified atom stereocenters. The quantitative estimate of drug-likeness (QED) is 0.308. The second-order valence-electron chi connectivity index (χ2n) is 9.53. The number of methoxy groups -OCH3 is 2. The maximum atomic E-state index is 13.5. The van der Waals surface area contributed by atoms with Crippen molar-refractivity contribution in [3.8, 4) is 11.5 Å². The molecule has 1 aliphatic rings. The molecule has 1 aliphatic carbocycles. The molecule has 0 saturated heterocycles. The second kappa shape index (κ2) is 14.1. The molecular weight excluding hydrogens is 472 g/mol. The van der Waals surface area contributed by atoms with E-state index < -0.39 is 0 Å². The number of carbonyl (C=O) groups is 2. The highest BCUT2D eigenvalue weighted by atomic mass is 32.1. The van der Waals surface area contributed by atoms with Crippen molar-refractivity contribution >= 4 is 23.2 Å². The topological polar surface area (TPSA) is 59.1 Å². The van der Waals surface area contributed by atoms with Crippen LogP contribution < -0.4 is 9.47 Å². The van der Waals surface area contributed by atoms with Gasteiger partial charge in [-0.1, -0.05) is 37.8 Å². The molecule has 0 bridgehead atoms. The molecule has 1 fully saturated rings. The number of carbonyl (C=O) groups excluding carboxylic acids is 2. The number of benzene rings is 1. The molecule has 7 heteroatoms. The zero-order chi connectivity index (χ0) is 25.9. The second-order valence-corrected chi connectivity index (χ2v) is 10.5. The molecule has 36 heavy (non-hydrogen) atoms. The van der Waals surface area contributed by atoms with E-state index >= 15 is 0 Å². The lowest BCUT2D eigenvalue weighted by molar-refractivity contribution is -0.140. The van der Waals surface area contributed by atoms with Crippen LogP contribution in [0.4, 0.5) is 0 Å². The smallest absolute Gasteiger partial charge is 0.242 e. The number of hydrogen-bond donors (Lipinski definition) is 0. The van der Waals surface area contributed by atoms with Gasteiger partial charge >= 0.3 is 0 Å². The fraction of sp³-hybridized carbons (Fsp3) is 0.517. The van der Waals surface area contributed by atoms with Gasteiger partial charge in [0.2, 0.25) is 11.8 Å². The summed E-state index contributed by atoms with van der Waals surface area (Å²) < 4.78 is 10.8. The average molecular weight is 513 g/mol. The third-order valence-corrected chi connectivity index (χ3v) is 8.05. The van der Waals surface area contributed by atoms with E-state index in [9.17, 15) is 9.59 Å². The van der Waals surface area contributed by atoms with Gasteiger partial charge in [0.15, 0.2) is 11.5 Å². The first kappa shape index (κ1) is 27.8. The SMILES string of the molecule is C=CCN(CC(=O)N(CCc1ccc(OC)c(OC)c1)Cc1sccc1C)C(=O)CCC1CCCC1. The summed E-state index contributed by atoms with van der Waals surface area (Å²) in [6.45, 7) is 7.42. The Morgan fingerprint density at radius 3 is 2.47 bits per heavy atom. The lowest BCUT2D eigenvalue weighted by Gasteiger charge is -2.27. The van der Waals surface area contributed by atoms with Crippen molar-refractivity contribution < 1.29 is 19.1 Å². The predicted molar refractivity (Wildman–Crippen MR) is 146 cm³/mol. The summed E-state index contributed by atoms with van der Waals surface area (Å²) >= 11 is 1.66. The summed E-state index contributed by atoms with van der Waals surface area (Å²) in [6.07, 6.45) is 8.77. The number of ether oxygens (including phenoxy) is 2. The van der Waals surface area contributed by atoms with Gasteiger partial charge in [-0.05, 0) is 60.4 Å². The summed E-state index contributed by atoms with van der Waals surface area (Å²) in [7, 11) is 3.24. The Morgan fingerprint density at radius 1 is 1.08 bits per heavy atom. The molecule has 2 aromatic rings. The van der Waals surface area contributed by atoms with Crippen molar-refractivity contribution in [3.05, 3.63) is 58.3 Å². The number of aryl methyl sites for hydroxylation is 1. The van der Waals surface area contributed by atoms with E-state index in [0.717, 1.165) is 12.0 Å². The number of rotatable bonds is 14. The van der Waals surface area contributed by atoms with E-state index in [0.29, 0.717) is 49.9 Å². The van der Waals surface area contributed by atoms with E-state index in [1.807, 2.05) is 23.1 Å². The van der Waals surface area contributed by atoms with Gasteiger partial charge in [-0.25, -0.2) is 0 Å². The number of hydrogen-bond acceptors (Lipinski definition) is 5. The molecule has 0 radical (unpaired) electrons. The highest BCUT2D eigenvalue weighted by Gasteiger charge is 2.23. The van der Waals surface area contributed by atoms with Crippen molar-refractivity contribution in [2.75, 3.05) is 33.9 Å². The molecular formula is C29H40N2O4S. The Morgan fingerprint density at radius 2 is 1.83 bits per heavy atom. The van der Waals surface area contributed by atoms with Crippen LogP contribution >= 0.6 is 11.3 Å². The van der Waals surface area contributed by atoms with Gasteiger partial charge in [0, 0.05) is 24.4 Å². The average Bonchev–Trinajstić information content (AvgIpc) is 3.56. The first-order chi connectivity index (χ1) is 17.4. The Balaban J connectivity index is 1.69. The predicted octanol–water partition coefficient (Wildman–Crippen LogP) is 5.63. The molecule has 1 aromatic heterocycles. The number of thiophene rings is 1. The van der Waals surface area contributed by atoms with Crippen LogP contribution in [0.5, 0.6) is 11.5 Å². The first-order valence-electron chi connectivity index (χ1n) is 12.9. The van der Waals surface area contributed by atoms with Crippen molar-refractivity contribution in [2.24, 2.45) is 5.92 Å². The molecule has 0 atom stereocenters. The third-order valence-electron chi connectivity index (χ3n) is 7.04. The minimum atomic E-state index is -0.0423. The van der Waals surface area contributed by atoms with Crippen LogP contribution in [0.25, 0.3) is 0 Å². The normalized spacial score (nSPS) is 13.4. The maximum absolute atomic E-state index is 13.5. The van der Waals surface area contributed by atoms with Crippen molar-refractivity contribution in [1.29, 1.82) is 0 Å². The number of amides is 2. The van der Waals surface area contributed by atoms with Crippen molar-refractivity contribution in [1.82, 2.24) is 9.80 Å². The largest absolute Gasteiger partial charge is 0.493 e. The van der Waals surface area contributed by atoms with Crippen LogP contribution in [0.2, 0.25) is 0 Å². The van der Waals surface area contributed by atoms with Gasteiger partial charge in [0.25, 0.3) is 0 Å². The molecule has 196 valence electrons. The van der Waals surface area contributed by atoms with E-state index in [4.69, 9.17) is 9.47 Å². The van der Waals surface area contributed by atoms with E-state index in [2.05, 4.69) is 24.9 Å². The number of nitrogens with zero attached hydrogens (tertiary/aromatic N) is 2. The fourth-order valence-corrected chi connectivity index (χ4v) is 5.71. The molecule has 2 amide bonds. The fourth-order valence-electron chi connectivity index (χ4n) is 4.79. The standard InChI is InChI=1S/C29H40N2O4S/c1-5-16-30(28(32)13-11-23-8-6-7-9-23)21-29(33)31(20-27-22(2)15-18-36-27)17-14-24-10-12-25(34-3)26(19-24)35-4/h5,10,12,15,18-19,23H,1,6-9,11,13-14,16-17,20-21H2,2-4H3. The molecule has 0 N–H and O–H groups in total. The summed E-state index contributed by atoms with van der Waals surface area (Å²) in [6, 6.07) is 7.91. The Labute approximate surface area is 219 Å². The molecule has 0 aliphatic heterocycles. The van der Waals surface area contributed by atoms with Crippen molar-refractivity contribution in [3.63, 3.8) is 0 Å². The molecule has 1 aromatic carbocycles. The van der Waals surface area contributed by atoms with Gasteiger partial charge in [0.05, 0.1) is 20.8 Å². The Bertz CT molecular complexity index is 1010. The van der Waals surface area contributed by atoms with Crippen LogP contribution in [0.15, 0.2) is 42.3 Å². The van der Waals surface area contributed by atoms with Gasteiger partial charge in [0.1, 0.15) is 6.54 Å². The molecule has 1 saturated carbocycles. The highest BCUT2D eigenvalue weighted by Crippen LogP contribution is 2.29. The summed E-state index contributed by atoms with van der Waals surface area (Å²) in [5, 5.41) is 2.05. The van der Waals surface area contributed by atoms with E-state index in [1.165, 1.54) is 36.1 Å². The van der Waals surface area contributed by atoms with E-state index in [1.54, 1.807) is 36.5 Å². The monoisotopic (exact) mass is 512 g/mol. The minimum Gasteiger partial charge on any atom is -0.493 e. The molecule has 6 nitrogen and oxygen atoms in total. The molecule has 0 spiro atoms. The highest BCUT2D eigenvalue weighted by molar-refractivity contribution is 7.10. The molecule has 1 heterocycles. The zero-order valence-corrected chi connectivity index (χ0v) is 22.8. The summed E-state index contributed by atoms with van der Waals surface area (Å²) in [5.74, 6) is 2.00. The Kier molecular flexibility index (Phi) is 10.9. The van der Waals surface area contributed by atoms with Gasteiger partial charge < -0.3 is 19.3 Å².